The molecule has 0 fully saturated rings. The third kappa shape index (κ3) is 3.70. The zero-order chi connectivity index (χ0) is 8.32. The summed E-state index contributed by atoms with van der Waals surface area (Å²) in [6.45, 7) is 8.01. The van der Waals surface area contributed by atoms with E-state index < -0.39 is 8.24 Å². The molecule has 1 rings (SSSR count). The Morgan fingerprint density at radius 2 is 2.18 bits per heavy atom. The van der Waals surface area contributed by atoms with Crippen molar-refractivity contribution in [1.82, 2.24) is 4.98 Å². The van der Waals surface area contributed by atoms with Crippen LogP contribution in [0.25, 0.3) is 0 Å². The Hall–Kier alpha value is -0.123. The molecule has 11 heavy (non-hydrogen) atoms. The molecular weight excluding hydrogens is 170 g/mol. The van der Waals surface area contributed by atoms with E-state index >= 15 is 0 Å². The first-order valence-electron chi connectivity index (χ1n) is 3.85. The molecule has 0 unspecified atom stereocenters. The van der Waals surface area contributed by atoms with Gasteiger partial charge in [-0.3, -0.25) is 0 Å². The summed E-state index contributed by atoms with van der Waals surface area (Å²) in [5.41, 5.74) is 0. The lowest BCUT2D eigenvalue weighted by atomic mass is 10.5. The third-order valence-corrected chi connectivity index (χ3v) is 3.49. The summed E-state index contributed by atoms with van der Waals surface area (Å²) in [4.78, 5) is 5.01. The predicted molar refractivity (Wildman–Crippen MR) is 54.5 cm³/mol. The van der Waals surface area contributed by atoms with E-state index in [4.69, 9.17) is 0 Å². The van der Waals surface area contributed by atoms with Crippen LogP contribution in [0.5, 0.6) is 0 Å². The molecule has 1 aromatic heterocycles. The molecule has 0 radical (unpaired) electrons. The van der Waals surface area contributed by atoms with Gasteiger partial charge in [0, 0.05) is 11.4 Å². The first-order valence-corrected chi connectivity index (χ1v) is 8.23. The Kier molecular flexibility index (Phi) is 2.87. The van der Waals surface area contributed by atoms with E-state index in [0.29, 0.717) is 0 Å². The molecule has 0 saturated heterocycles. The molecule has 0 amide bonds. The van der Waals surface area contributed by atoms with Crippen LogP contribution >= 0.6 is 11.3 Å². The van der Waals surface area contributed by atoms with Gasteiger partial charge in [-0.25, -0.2) is 0 Å². The third-order valence-electron chi connectivity index (χ3n) is 1.37. The average molecular weight is 185 g/mol. The van der Waals surface area contributed by atoms with Gasteiger partial charge in [-0.1, -0.05) is 25.7 Å². The van der Waals surface area contributed by atoms with E-state index in [2.05, 4.69) is 42.1 Å². The molecule has 3 heteroatoms. The molecule has 1 N–H and O–H groups in total. The summed E-state index contributed by atoms with van der Waals surface area (Å²) in [6, 6.07) is 4.28. The van der Waals surface area contributed by atoms with Crippen molar-refractivity contribution in [2.45, 2.75) is 26.2 Å². The van der Waals surface area contributed by atoms with E-state index in [1.807, 2.05) is 11.3 Å². The number of nitrogens with one attached hydrogen (secondary N) is 1. The number of hydrogen-bond donors (Lipinski definition) is 1. The van der Waals surface area contributed by atoms with Gasteiger partial charge in [0.1, 0.15) is 8.24 Å². The fourth-order valence-electron chi connectivity index (χ4n) is 0.765. The molecule has 1 aromatic rings. The van der Waals surface area contributed by atoms with Crippen LogP contribution in [0, 0.1) is 0 Å². The number of rotatable bonds is 3. The van der Waals surface area contributed by atoms with Crippen molar-refractivity contribution in [2.24, 2.45) is 0 Å². The van der Waals surface area contributed by atoms with Gasteiger partial charge in [0.2, 0.25) is 0 Å². The molecule has 1 heterocycles. The Labute approximate surface area is 73.5 Å². The van der Waals surface area contributed by atoms with Crippen LogP contribution in [0.1, 0.15) is 4.88 Å². The maximum absolute atomic E-state index is 3.57. The van der Waals surface area contributed by atoms with Crippen molar-refractivity contribution in [1.29, 1.82) is 0 Å². The summed E-state index contributed by atoms with van der Waals surface area (Å²) >= 11 is 1.82. The van der Waals surface area contributed by atoms with E-state index in [-0.39, 0.29) is 0 Å². The van der Waals surface area contributed by atoms with Gasteiger partial charge in [0.25, 0.3) is 0 Å². The highest BCUT2D eigenvalue weighted by atomic mass is 32.1. The lowest BCUT2D eigenvalue weighted by molar-refractivity contribution is 0.934. The van der Waals surface area contributed by atoms with Crippen LogP contribution in [-0.2, 0) is 6.54 Å². The Morgan fingerprint density at radius 1 is 1.45 bits per heavy atom. The quantitative estimate of drug-likeness (QED) is 0.714. The molecule has 62 valence electrons. The average Bonchev–Trinajstić information content (AvgIpc) is 2.32. The predicted octanol–water partition coefficient (Wildman–Crippen LogP) is 2.67. The van der Waals surface area contributed by atoms with Crippen LogP contribution in [0.3, 0.4) is 0 Å². The van der Waals surface area contributed by atoms with Gasteiger partial charge in [-0.15, -0.1) is 11.3 Å². The normalized spacial score (nSPS) is 11.9. The standard InChI is InChI=1S/C8H15NSSi/c1-11(2,3)9-7-8-5-4-6-10-8/h4-6,9H,7H2,1-3H3. The maximum Gasteiger partial charge on any atom is 0.116 e. The molecule has 0 atom stereocenters. The zero-order valence-electron chi connectivity index (χ0n) is 7.35. The zero-order valence-corrected chi connectivity index (χ0v) is 9.16. The van der Waals surface area contributed by atoms with Crippen LogP contribution in [0.2, 0.25) is 19.6 Å². The lowest BCUT2D eigenvalue weighted by Gasteiger charge is -2.16. The summed E-state index contributed by atoms with van der Waals surface area (Å²) in [5.74, 6) is 0. The van der Waals surface area contributed by atoms with Gasteiger partial charge in [-0.2, -0.15) is 0 Å². The van der Waals surface area contributed by atoms with Crippen LogP contribution < -0.4 is 4.98 Å². The molecule has 0 spiro atoms. The van der Waals surface area contributed by atoms with E-state index in [9.17, 15) is 0 Å². The highest BCUT2D eigenvalue weighted by Gasteiger charge is 2.11. The largest absolute Gasteiger partial charge is 0.333 e. The van der Waals surface area contributed by atoms with Gasteiger partial charge in [-0.05, 0) is 11.4 Å². The Bertz CT molecular complexity index is 200. The first kappa shape index (κ1) is 8.97. The van der Waals surface area contributed by atoms with Crippen LogP contribution in [-0.4, -0.2) is 8.24 Å². The smallest absolute Gasteiger partial charge is 0.116 e. The Morgan fingerprint density at radius 3 is 2.64 bits per heavy atom. The summed E-state index contributed by atoms with van der Waals surface area (Å²) in [5, 5.41) is 2.13. The number of thiophene rings is 1. The molecule has 0 aliphatic carbocycles. The molecule has 0 aliphatic rings. The summed E-state index contributed by atoms with van der Waals surface area (Å²) in [7, 11) is -1.06. The minimum absolute atomic E-state index is 1.05. The van der Waals surface area contributed by atoms with Gasteiger partial charge >= 0.3 is 0 Å². The minimum Gasteiger partial charge on any atom is -0.333 e. The van der Waals surface area contributed by atoms with E-state index in [0.717, 1.165) is 6.54 Å². The fourth-order valence-corrected chi connectivity index (χ4v) is 2.26. The molecule has 0 aromatic carbocycles. The SMILES string of the molecule is C[Si](C)(C)NCc1cccs1. The second-order valence-electron chi connectivity index (χ2n) is 3.68. The van der Waals surface area contributed by atoms with Crippen molar-refractivity contribution < 1.29 is 0 Å². The Balaban J connectivity index is 2.35. The second-order valence-corrected chi connectivity index (χ2v) is 9.57. The van der Waals surface area contributed by atoms with Crippen LogP contribution in [0.4, 0.5) is 0 Å². The van der Waals surface area contributed by atoms with Gasteiger partial charge < -0.3 is 4.98 Å². The fraction of sp³-hybridized carbons (Fsp3) is 0.500. The molecular formula is C8H15NSSi. The topological polar surface area (TPSA) is 12.0 Å². The summed E-state index contributed by atoms with van der Waals surface area (Å²) in [6.07, 6.45) is 0. The van der Waals surface area contributed by atoms with E-state index in [1.165, 1.54) is 4.88 Å². The van der Waals surface area contributed by atoms with Crippen molar-refractivity contribution in [3.63, 3.8) is 0 Å². The van der Waals surface area contributed by atoms with Crippen molar-refractivity contribution >= 4 is 19.6 Å². The maximum atomic E-state index is 3.57. The minimum atomic E-state index is -1.06. The first-order chi connectivity index (χ1) is 5.08. The van der Waals surface area contributed by atoms with E-state index in [1.54, 1.807) is 0 Å². The highest BCUT2D eigenvalue weighted by molar-refractivity contribution is 7.09. The van der Waals surface area contributed by atoms with Crippen molar-refractivity contribution in [2.75, 3.05) is 0 Å². The lowest BCUT2D eigenvalue weighted by Crippen LogP contribution is -2.40. The molecule has 0 bridgehead atoms. The molecule has 0 aliphatic heterocycles. The van der Waals surface area contributed by atoms with Crippen LogP contribution in [0.15, 0.2) is 17.5 Å². The van der Waals surface area contributed by atoms with Gasteiger partial charge in [0.15, 0.2) is 0 Å². The highest BCUT2D eigenvalue weighted by Crippen LogP contribution is 2.08. The second kappa shape index (κ2) is 3.52. The number of hydrogen-bond acceptors (Lipinski definition) is 2. The monoisotopic (exact) mass is 185 g/mol. The van der Waals surface area contributed by atoms with Gasteiger partial charge in [0.05, 0.1) is 0 Å². The van der Waals surface area contributed by atoms with Crippen molar-refractivity contribution in [3.05, 3.63) is 22.4 Å². The molecule has 1 nitrogen and oxygen atoms in total. The van der Waals surface area contributed by atoms with Crippen molar-refractivity contribution in [3.8, 4) is 0 Å². The molecule has 0 saturated carbocycles. The summed E-state index contributed by atoms with van der Waals surface area (Å²) < 4.78 is 0.